The van der Waals surface area contributed by atoms with Gasteiger partial charge in [-0.1, -0.05) is 5.16 Å². The van der Waals surface area contributed by atoms with Gasteiger partial charge in [0.25, 0.3) is 0 Å². The molecular weight excluding hydrogens is 753 g/mol. The van der Waals surface area contributed by atoms with Crippen molar-refractivity contribution in [1.82, 2.24) is 40.1 Å². The molecule has 17 heteroatoms. The summed E-state index contributed by atoms with van der Waals surface area (Å²) in [6.45, 7) is 6.81. The second-order valence-electron chi connectivity index (χ2n) is 16.8. The van der Waals surface area contributed by atoms with E-state index in [2.05, 4.69) is 58.7 Å². The van der Waals surface area contributed by atoms with Crippen LogP contribution in [0.15, 0.2) is 53.3 Å². The number of imide groups is 1. The van der Waals surface area contributed by atoms with Crippen molar-refractivity contribution in [1.29, 1.82) is 0 Å². The lowest BCUT2D eigenvalue weighted by Crippen LogP contribution is -2.54. The maximum atomic E-state index is 12.7. The summed E-state index contributed by atoms with van der Waals surface area (Å²) in [5, 5.41) is 22.4. The Morgan fingerprint density at radius 3 is 2.51 bits per heavy atom. The summed E-state index contributed by atoms with van der Waals surface area (Å²) >= 11 is 0. The minimum Gasteiger partial charge on any atom is -0.373 e. The molecule has 3 aromatic heterocycles. The molecule has 0 aliphatic carbocycles. The summed E-state index contributed by atoms with van der Waals surface area (Å²) in [6.07, 6.45) is 7.05. The van der Waals surface area contributed by atoms with Gasteiger partial charge in [0, 0.05) is 106 Å². The van der Waals surface area contributed by atoms with Gasteiger partial charge in [-0.3, -0.25) is 19.8 Å². The number of aromatic amines is 1. The Balaban J connectivity index is 0.757. The smallest absolute Gasteiger partial charge is 0.320 e. The van der Waals surface area contributed by atoms with E-state index in [-0.39, 0.29) is 29.6 Å². The zero-order valence-corrected chi connectivity index (χ0v) is 33.1. The number of H-pyrrole nitrogens is 1. The number of benzene rings is 2. The number of nitrogens with two attached hydrogens (primary N) is 1. The molecule has 2 aromatic carbocycles. The van der Waals surface area contributed by atoms with E-state index in [1.165, 1.54) is 5.56 Å². The van der Waals surface area contributed by atoms with Crippen LogP contribution in [-0.2, 0) is 9.59 Å². The lowest BCUT2D eigenvalue weighted by molar-refractivity contribution is -0.134. The first-order chi connectivity index (χ1) is 28.7. The Morgan fingerprint density at radius 1 is 0.949 bits per heavy atom. The van der Waals surface area contributed by atoms with Crippen molar-refractivity contribution < 1.29 is 24.0 Å². The monoisotopic (exact) mass is 802 g/mol. The second kappa shape index (κ2) is 15.1. The Kier molecular flexibility index (Phi) is 9.60. The van der Waals surface area contributed by atoms with Crippen molar-refractivity contribution in [2.45, 2.75) is 68.7 Å². The number of aliphatic hydroxyl groups excluding tert-OH is 1. The molecular formula is C42H50N12O5. The van der Waals surface area contributed by atoms with Gasteiger partial charge in [-0.2, -0.15) is 0 Å². The van der Waals surface area contributed by atoms with Crippen LogP contribution < -0.4 is 26.2 Å². The number of nitrogens with zero attached hydrogens (tertiary/aromatic N) is 8. The molecule has 59 heavy (non-hydrogen) atoms. The van der Waals surface area contributed by atoms with Gasteiger partial charge in [-0.25, -0.2) is 14.8 Å². The molecule has 308 valence electrons. The van der Waals surface area contributed by atoms with Gasteiger partial charge in [0.15, 0.2) is 11.4 Å². The molecule has 5 fully saturated rings. The summed E-state index contributed by atoms with van der Waals surface area (Å²) in [6, 6.07) is 13.1. The maximum absolute atomic E-state index is 12.7. The number of hydrogen-bond donors (Lipinski definition) is 5. The second-order valence-corrected chi connectivity index (χ2v) is 16.8. The first-order valence-corrected chi connectivity index (χ1v) is 20.8. The molecule has 8 heterocycles. The highest BCUT2D eigenvalue weighted by atomic mass is 16.5. The number of rotatable bonds is 9. The normalized spacial score (nSPS) is 23.1. The van der Waals surface area contributed by atoms with E-state index >= 15 is 0 Å². The molecule has 4 amide bonds. The highest BCUT2D eigenvalue weighted by Crippen LogP contribution is 2.41. The Morgan fingerprint density at radius 2 is 1.76 bits per heavy atom. The lowest BCUT2D eigenvalue weighted by atomic mass is 9.85. The van der Waals surface area contributed by atoms with Crippen LogP contribution in [0, 0.1) is 0 Å². The summed E-state index contributed by atoms with van der Waals surface area (Å²) in [4.78, 5) is 60.9. The molecule has 5 aliphatic rings. The molecule has 6 N–H and O–H groups in total. The average Bonchev–Trinajstić information content (AvgIpc) is 3.97. The van der Waals surface area contributed by atoms with Gasteiger partial charge in [0.2, 0.25) is 11.8 Å². The number of fused-ring (bicyclic) bond motifs is 3. The number of carbonyl (C=O) groups is 3. The number of aliphatic hydroxyl groups is 1. The van der Waals surface area contributed by atoms with Gasteiger partial charge in [-0.05, 0) is 74.1 Å². The average molecular weight is 803 g/mol. The highest BCUT2D eigenvalue weighted by Gasteiger charge is 2.38. The van der Waals surface area contributed by atoms with E-state index in [0.29, 0.717) is 54.3 Å². The van der Waals surface area contributed by atoms with E-state index in [4.69, 9.17) is 15.2 Å². The molecule has 5 saturated heterocycles. The molecule has 5 aromatic rings. The van der Waals surface area contributed by atoms with Gasteiger partial charge < -0.3 is 45.3 Å². The van der Waals surface area contributed by atoms with E-state index in [9.17, 15) is 19.5 Å². The fourth-order valence-electron chi connectivity index (χ4n) is 9.89. The standard InChI is InChI=1S/C42H50N12O5/c1-50-17-18-54(42(50)58)28-3-2-14-52(23-28)33-20-45-38(39(43)56)40(47-33)46-25-4-6-26(7-5-25)51-15-11-27(12-16-51)53-21-24(22-53)31-19-32-35(29-10-13-44-36(29)31)37(49-59-32)30-8-9-34(55)48-41(30)57/h4-7,10,13,19-20,24,27-28,30,39,44,56H,2-3,8-9,11-12,14-18,21-23,43H2,1H3,(H,46,47)(H,48,55,57)/t28-,30?,39?/m1/s1. The van der Waals surface area contributed by atoms with Crippen molar-refractivity contribution >= 4 is 62.7 Å². The van der Waals surface area contributed by atoms with Crippen LogP contribution in [0.5, 0.6) is 0 Å². The summed E-state index contributed by atoms with van der Waals surface area (Å²) in [5.41, 5.74) is 11.7. The largest absolute Gasteiger partial charge is 0.373 e. The quantitative estimate of drug-likeness (QED) is 0.107. The third-order valence-corrected chi connectivity index (χ3v) is 13.2. The van der Waals surface area contributed by atoms with Crippen molar-refractivity contribution in [2.75, 3.05) is 74.5 Å². The SMILES string of the molecule is CN1CCN([C@@H]2CCCN(c3cnc(C(N)O)c(Nc4ccc(N5CCC(N6CC(c7cc8onc(C9CCC(=O)NC9=O)c8c8cc[nH]c78)C6)CC5)cc4)n3)C2)C1=O. The predicted octanol–water partition coefficient (Wildman–Crippen LogP) is 3.72. The Bertz CT molecular complexity index is 2400. The molecule has 5 aliphatic heterocycles. The molecule has 17 nitrogen and oxygen atoms in total. The number of anilines is 4. The Hall–Kier alpha value is -5.78. The van der Waals surface area contributed by atoms with Gasteiger partial charge >= 0.3 is 6.03 Å². The number of amides is 4. The lowest BCUT2D eigenvalue weighted by Gasteiger charge is -2.47. The van der Waals surface area contributed by atoms with Gasteiger partial charge in [-0.15, -0.1) is 0 Å². The number of nitrogens with one attached hydrogen (secondary N) is 3. The molecule has 0 spiro atoms. The van der Waals surface area contributed by atoms with E-state index in [1.54, 1.807) is 11.1 Å². The van der Waals surface area contributed by atoms with Gasteiger partial charge in [0.05, 0.1) is 23.5 Å². The number of carbonyl (C=O) groups excluding carboxylic acids is 3. The highest BCUT2D eigenvalue weighted by molar-refractivity contribution is 6.10. The fraction of sp³-hybridized carbons (Fsp3) is 0.476. The molecule has 3 atom stereocenters. The first kappa shape index (κ1) is 37.5. The van der Waals surface area contributed by atoms with Crippen molar-refractivity contribution in [3.05, 3.63) is 65.7 Å². The molecule has 2 unspecified atom stereocenters. The predicted molar refractivity (Wildman–Crippen MR) is 221 cm³/mol. The van der Waals surface area contributed by atoms with Crippen molar-refractivity contribution in [3.8, 4) is 0 Å². The van der Waals surface area contributed by atoms with Crippen LogP contribution in [0.3, 0.4) is 0 Å². The van der Waals surface area contributed by atoms with Crippen LogP contribution in [0.2, 0.25) is 0 Å². The first-order valence-electron chi connectivity index (χ1n) is 20.8. The summed E-state index contributed by atoms with van der Waals surface area (Å²) in [5.74, 6) is 0.380. The number of hydrogen-bond acceptors (Lipinski definition) is 13. The third kappa shape index (κ3) is 6.89. The van der Waals surface area contributed by atoms with E-state index in [0.717, 1.165) is 99.2 Å². The minimum absolute atomic E-state index is 0.0768. The topological polar surface area (TPSA) is 205 Å². The number of aromatic nitrogens is 4. The number of likely N-dealkylation sites (tertiary alicyclic amines) is 1. The third-order valence-electron chi connectivity index (χ3n) is 13.2. The Labute approximate surface area is 340 Å². The fourth-order valence-corrected chi connectivity index (χ4v) is 9.89. The number of piperidine rings is 3. The molecule has 0 bridgehead atoms. The van der Waals surface area contributed by atoms with E-state index < -0.39 is 12.1 Å². The van der Waals surface area contributed by atoms with Crippen LogP contribution in [0.25, 0.3) is 21.9 Å². The zero-order chi connectivity index (χ0) is 40.4. The van der Waals surface area contributed by atoms with Crippen LogP contribution >= 0.6 is 0 Å². The molecule has 10 rings (SSSR count). The van der Waals surface area contributed by atoms with E-state index in [1.807, 2.05) is 36.3 Å². The number of likely N-dealkylation sites (N-methyl/N-ethyl adjacent to an activating group) is 1. The molecule has 0 saturated carbocycles. The molecule has 0 radical (unpaired) electrons. The minimum atomic E-state index is -1.29. The zero-order valence-electron chi connectivity index (χ0n) is 33.1. The van der Waals surface area contributed by atoms with Crippen LogP contribution in [0.1, 0.15) is 73.5 Å². The van der Waals surface area contributed by atoms with Crippen molar-refractivity contribution in [3.63, 3.8) is 0 Å². The van der Waals surface area contributed by atoms with Crippen molar-refractivity contribution in [2.24, 2.45) is 5.73 Å². The maximum Gasteiger partial charge on any atom is 0.320 e. The number of urea groups is 1. The summed E-state index contributed by atoms with van der Waals surface area (Å²) in [7, 11) is 1.84. The van der Waals surface area contributed by atoms with Gasteiger partial charge in [0.1, 0.15) is 23.4 Å². The summed E-state index contributed by atoms with van der Waals surface area (Å²) < 4.78 is 5.83. The van der Waals surface area contributed by atoms with Crippen LogP contribution in [-0.4, -0.2) is 129 Å². The van der Waals surface area contributed by atoms with Crippen LogP contribution in [0.4, 0.5) is 27.8 Å².